The molecule has 1 aromatic carbocycles. The van der Waals surface area contributed by atoms with Crippen molar-refractivity contribution in [3.05, 3.63) is 34.9 Å². The van der Waals surface area contributed by atoms with E-state index < -0.39 is 22.0 Å². The van der Waals surface area contributed by atoms with Gasteiger partial charge in [-0.1, -0.05) is 41.4 Å². The van der Waals surface area contributed by atoms with Crippen LogP contribution in [0.15, 0.2) is 24.3 Å². The predicted molar refractivity (Wildman–Crippen MR) is 76.5 cm³/mol. The lowest BCUT2D eigenvalue weighted by atomic mass is 9.35. The smallest absolute Gasteiger partial charge is 0.178 e. The molecule has 7 heteroatoms. The zero-order valence-corrected chi connectivity index (χ0v) is 11.0. The second kappa shape index (κ2) is 4.40. The molecule has 3 N–H and O–H groups in total. The first-order chi connectivity index (χ1) is 8.63. The van der Waals surface area contributed by atoms with Crippen LogP contribution < -0.4 is 5.73 Å². The van der Waals surface area contributed by atoms with Crippen molar-refractivity contribution in [3.63, 3.8) is 0 Å². The summed E-state index contributed by atoms with van der Waals surface area (Å²) in [6.07, 6.45) is 0.246. The molecule has 1 fully saturated rings. The maximum atomic E-state index is 12.4. The fraction of sp³-hybridized carbons (Fsp3) is 0.417. The number of rotatable bonds is 1. The molecule has 2 atom stereocenters. The summed E-state index contributed by atoms with van der Waals surface area (Å²) in [4.78, 5) is 12.4. The van der Waals surface area contributed by atoms with Crippen LogP contribution >= 0.6 is 11.6 Å². The number of halogens is 1. The van der Waals surface area contributed by atoms with Crippen molar-refractivity contribution in [3.8, 4) is 0 Å². The molecule has 6 radical (unpaired) electrons. The first kappa shape index (κ1) is 14.7. The minimum absolute atomic E-state index is 0.0907. The molecule has 3 nitrogen and oxygen atoms in total. The zero-order valence-electron chi connectivity index (χ0n) is 10.3. The van der Waals surface area contributed by atoms with E-state index in [9.17, 15) is 9.90 Å². The molecule has 0 spiro atoms. The Morgan fingerprint density at radius 3 is 2.37 bits per heavy atom. The highest BCUT2D eigenvalue weighted by atomic mass is 35.5. The molecule has 1 saturated carbocycles. The van der Waals surface area contributed by atoms with Crippen LogP contribution in [-0.4, -0.2) is 39.9 Å². The molecule has 19 heavy (non-hydrogen) atoms. The predicted octanol–water partition coefficient (Wildman–Crippen LogP) is 0.167. The molecule has 92 valence electrons. The van der Waals surface area contributed by atoms with Crippen molar-refractivity contribution in [1.82, 2.24) is 0 Å². The van der Waals surface area contributed by atoms with Crippen molar-refractivity contribution in [2.24, 2.45) is 5.73 Å². The normalized spacial score (nSPS) is 34.2. The number of aliphatic hydroxyl groups is 1. The van der Waals surface area contributed by atoms with Gasteiger partial charge in [0.25, 0.3) is 0 Å². The summed E-state index contributed by atoms with van der Waals surface area (Å²) >= 11 is 6.06. The van der Waals surface area contributed by atoms with Crippen LogP contribution in [0.5, 0.6) is 0 Å². The topological polar surface area (TPSA) is 63.3 Å². The lowest BCUT2D eigenvalue weighted by Gasteiger charge is -2.51. The molecule has 0 saturated heterocycles. The molecule has 2 rings (SSSR count). The summed E-state index contributed by atoms with van der Waals surface area (Å²) in [7, 11) is 16.9. The van der Waals surface area contributed by atoms with Crippen LogP contribution in [-0.2, 0) is 10.3 Å². The van der Waals surface area contributed by atoms with Crippen LogP contribution in [0.1, 0.15) is 18.4 Å². The van der Waals surface area contributed by atoms with E-state index in [0.29, 0.717) is 10.6 Å². The van der Waals surface area contributed by atoms with Gasteiger partial charge in [0, 0.05) is 5.02 Å². The van der Waals surface area contributed by atoms with E-state index in [2.05, 4.69) is 0 Å². The Bertz CT molecular complexity index is 535. The largest absolute Gasteiger partial charge is 0.393 e. The first-order valence-electron chi connectivity index (χ1n) is 5.81. The third-order valence-corrected chi connectivity index (χ3v) is 4.08. The second-order valence-electron chi connectivity index (χ2n) is 5.09. The maximum absolute atomic E-state index is 12.4. The van der Waals surface area contributed by atoms with E-state index in [-0.39, 0.29) is 12.8 Å². The molecule has 1 aliphatic rings. The monoisotopic (exact) mass is 269 g/mol. The van der Waals surface area contributed by atoms with E-state index in [1.54, 1.807) is 24.3 Å². The van der Waals surface area contributed by atoms with Gasteiger partial charge in [0.05, 0.1) is 21.2 Å². The van der Waals surface area contributed by atoms with Crippen LogP contribution in [0.3, 0.4) is 0 Å². The average molecular weight is 269 g/mol. The summed E-state index contributed by atoms with van der Waals surface area (Å²) in [5, 5.41) is 8.73. The van der Waals surface area contributed by atoms with Gasteiger partial charge >= 0.3 is 0 Å². The lowest BCUT2D eigenvalue weighted by Crippen LogP contribution is -2.65. The molecule has 2 unspecified atom stereocenters. The Morgan fingerprint density at radius 2 is 1.79 bits per heavy atom. The summed E-state index contributed by atoms with van der Waals surface area (Å²) in [6.45, 7) is 0. The van der Waals surface area contributed by atoms with Gasteiger partial charge in [-0.05, 0) is 18.1 Å². The first-order valence-corrected chi connectivity index (χ1v) is 6.18. The van der Waals surface area contributed by atoms with Crippen molar-refractivity contribution < 1.29 is 9.90 Å². The van der Waals surface area contributed by atoms with Gasteiger partial charge < -0.3 is 10.8 Å². The molecule has 0 aromatic heterocycles. The van der Waals surface area contributed by atoms with E-state index in [0.717, 1.165) is 0 Å². The summed E-state index contributed by atoms with van der Waals surface area (Å²) < 4.78 is 0. The molecule has 0 aliphatic heterocycles. The Morgan fingerprint density at radius 1 is 1.21 bits per heavy atom. The molecule has 0 bridgehead atoms. The summed E-state index contributed by atoms with van der Waals surface area (Å²) in [5.74, 6) is -0.829. The highest BCUT2D eigenvalue weighted by molar-refractivity contribution is 6.50. The number of Topliss-reactive ketones (excluding diaryl/α,β-unsaturated/α-hetero) is 1. The SMILES string of the molecule is [B]C1([B])CCC(N)(c2ccccc2Cl)C(=O)C1([B])O. The van der Waals surface area contributed by atoms with Crippen molar-refractivity contribution >= 4 is 40.9 Å². The molecular weight excluding hydrogens is 258 g/mol. The number of ketones is 1. The number of hydrogen-bond donors (Lipinski definition) is 2. The van der Waals surface area contributed by atoms with E-state index in [1.165, 1.54) is 0 Å². The Labute approximate surface area is 121 Å². The van der Waals surface area contributed by atoms with Gasteiger partial charge in [0.2, 0.25) is 0 Å². The molecular formula is C12H11B3ClNO2. The third-order valence-electron chi connectivity index (χ3n) is 3.75. The van der Waals surface area contributed by atoms with Gasteiger partial charge in [0.15, 0.2) is 5.78 Å². The summed E-state index contributed by atoms with van der Waals surface area (Å²) in [6, 6.07) is 6.65. The molecule has 1 aromatic rings. The number of hydrogen-bond acceptors (Lipinski definition) is 3. The Kier molecular flexibility index (Phi) is 3.41. The van der Waals surface area contributed by atoms with E-state index >= 15 is 0 Å². The van der Waals surface area contributed by atoms with Crippen LogP contribution in [0.2, 0.25) is 10.2 Å². The second-order valence-corrected chi connectivity index (χ2v) is 5.49. The summed E-state index contributed by atoms with van der Waals surface area (Å²) in [5.41, 5.74) is 2.64. The standard InChI is InChI=1S/C12H11B3ClNO2/c13-11(14)6-5-10(17,9(18)12(11,15)19)7-3-1-2-4-8(7)16/h1-4,19H,5-6,17H2. The Hall–Kier alpha value is -0.705. The number of benzene rings is 1. The lowest BCUT2D eigenvalue weighted by molar-refractivity contribution is -0.141. The maximum Gasteiger partial charge on any atom is 0.178 e. The fourth-order valence-electron chi connectivity index (χ4n) is 2.34. The fourth-order valence-corrected chi connectivity index (χ4v) is 2.64. The highest BCUT2D eigenvalue weighted by Crippen LogP contribution is 2.48. The van der Waals surface area contributed by atoms with Gasteiger partial charge in [-0.15, -0.1) is 0 Å². The van der Waals surface area contributed by atoms with Crippen molar-refractivity contribution in [2.75, 3.05) is 0 Å². The minimum Gasteiger partial charge on any atom is -0.393 e. The number of nitrogens with two attached hydrogens (primary N) is 1. The van der Waals surface area contributed by atoms with Crippen LogP contribution in [0, 0.1) is 0 Å². The average Bonchev–Trinajstić information content (AvgIpc) is 2.34. The van der Waals surface area contributed by atoms with Crippen molar-refractivity contribution in [1.29, 1.82) is 0 Å². The molecule has 1 aliphatic carbocycles. The number of carbonyl (C=O) groups is 1. The van der Waals surface area contributed by atoms with Gasteiger partial charge in [0.1, 0.15) is 13.4 Å². The Balaban J connectivity index is 2.53. The van der Waals surface area contributed by atoms with Gasteiger partial charge in [-0.25, -0.2) is 0 Å². The highest BCUT2D eigenvalue weighted by Gasteiger charge is 2.56. The van der Waals surface area contributed by atoms with Crippen LogP contribution in [0.4, 0.5) is 0 Å². The van der Waals surface area contributed by atoms with Gasteiger partial charge in [-0.2, -0.15) is 0 Å². The van der Waals surface area contributed by atoms with Crippen molar-refractivity contribution in [2.45, 2.75) is 29.1 Å². The van der Waals surface area contributed by atoms with Gasteiger partial charge in [-0.3, -0.25) is 4.79 Å². The molecule has 0 heterocycles. The van der Waals surface area contributed by atoms with E-state index in [4.69, 9.17) is 40.9 Å². The molecule has 0 amide bonds. The van der Waals surface area contributed by atoms with E-state index in [1.807, 2.05) is 0 Å². The number of carbonyl (C=O) groups excluding carboxylic acids is 1. The third kappa shape index (κ3) is 2.06. The van der Waals surface area contributed by atoms with Crippen LogP contribution in [0.25, 0.3) is 0 Å². The quantitative estimate of drug-likeness (QED) is 0.714. The zero-order chi connectivity index (χ0) is 14.5. The minimum atomic E-state index is -2.40.